The van der Waals surface area contributed by atoms with Crippen LogP contribution in [0.5, 0.6) is 0 Å². The second kappa shape index (κ2) is 9.00. The van der Waals surface area contributed by atoms with Crippen LogP contribution in [-0.4, -0.2) is 73.4 Å². The fraction of sp³-hybridized carbons (Fsp3) is 0.296. The summed E-state index contributed by atoms with van der Waals surface area (Å²) in [4.78, 5) is 17.2. The van der Waals surface area contributed by atoms with Crippen LogP contribution in [0.15, 0.2) is 54.9 Å². The number of hydrogen-bond acceptors (Lipinski definition) is 6. The summed E-state index contributed by atoms with van der Waals surface area (Å²) >= 11 is 0. The number of benzene rings is 1. The van der Waals surface area contributed by atoms with E-state index in [-0.39, 0.29) is 11.9 Å². The van der Waals surface area contributed by atoms with Crippen LogP contribution >= 0.6 is 0 Å². The molecule has 184 valence electrons. The Balaban J connectivity index is 1.51. The van der Waals surface area contributed by atoms with E-state index in [1.54, 1.807) is 18.3 Å². The van der Waals surface area contributed by atoms with Crippen molar-refractivity contribution in [3.63, 3.8) is 0 Å². The van der Waals surface area contributed by atoms with Crippen LogP contribution in [-0.2, 0) is 0 Å². The normalized spacial score (nSPS) is 15.7. The summed E-state index contributed by atoms with van der Waals surface area (Å²) in [6.45, 7) is 7.96. The summed E-state index contributed by atoms with van der Waals surface area (Å²) in [6.07, 6.45) is 3.32. The lowest BCUT2D eigenvalue weighted by Gasteiger charge is -2.35. The number of β-amino-alcohol motifs (C(OH)–C–C–N with tert-alkyl or cyclic N) is 1. The molecule has 9 heteroatoms. The first-order valence-electron chi connectivity index (χ1n) is 12.2. The van der Waals surface area contributed by atoms with Gasteiger partial charge in [0.1, 0.15) is 23.0 Å². The van der Waals surface area contributed by atoms with Gasteiger partial charge in [-0.25, -0.2) is 18.9 Å². The van der Waals surface area contributed by atoms with Gasteiger partial charge in [-0.1, -0.05) is 0 Å². The molecule has 0 saturated carbocycles. The number of aromatic nitrogens is 5. The third-order valence-corrected chi connectivity index (χ3v) is 6.81. The number of H-pyrrole nitrogens is 1. The maximum Gasteiger partial charge on any atom is 0.158 e. The molecule has 4 aromatic heterocycles. The molecule has 1 saturated heterocycles. The number of aliphatic hydroxyl groups excluding tert-OH is 1. The van der Waals surface area contributed by atoms with E-state index in [4.69, 9.17) is 10.1 Å². The zero-order chi connectivity index (χ0) is 24.8. The Morgan fingerprint density at radius 3 is 2.61 bits per heavy atom. The molecule has 0 bridgehead atoms. The second-order valence-corrected chi connectivity index (χ2v) is 9.47. The predicted octanol–water partition coefficient (Wildman–Crippen LogP) is 3.89. The largest absolute Gasteiger partial charge is 0.392 e. The van der Waals surface area contributed by atoms with E-state index in [2.05, 4.69) is 25.8 Å². The first kappa shape index (κ1) is 22.6. The average Bonchev–Trinajstić information content (AvgIpc) is 3.50. The molecule has 1 aliphatic rings. The lowest BCUT2D eigenvalue weighted by atomic mass is 10.0. The van der Waals surface area contributed by atoms with E-state index >= 15 is 0 Å². The summed E-state index contributed by atoms with van der Waals surface area (Å²) in [7, 11) is 0. The topological polar surface area (TPSA) is 85.6 Å². The fourth-order valence-electron chi connectivity index (χ4n) is 5.06. The van der Waals surface area contributed by atoms with Crippen molar-refractivity contribution in [3.05, 3.63) is 66.2 Å². The lowest BCUT2D eigenvalue weighted by molar-refractivity contribution is 0.122. The molecule has 1 atom stereocenters. The van der Waals surface area contributed by atoms with Gasteiger partial charge in [0.2, 0.25) is 0 Å². The van der Waals surface area contributed by atoms with Crippen LogP contribution in [0.3, 0.4) is 0 Å². The van der Waals surface area contributed by atoms with Crippen molar-refractivity contribution < 1.29 is 9.50 Å². The van der Waals surface area contributed by atoms with Crippen molar-refractivity contribution in [2.75, 3.05) is 37.6 Å². The summed E-state index contributed by atoms with van der Waals surface area (Å²) in [5.74, 6) is 0.604. The molecule has 5 heterocycles. The number of nitrogens with zero attached hydrogens (tertiary/aromatic N) is 6. The van der Waals surface area contributed by atoms with Crippen molar-refractivity contribution in [1.82, 2.24) is 29.5 Å². The summed E-state index contributed by atoms with van der Waals surface area (Å²) in [5, 5.41) is 15.8. The van der Waals surface area contributed by atoms with Gasteiger partial charge in [-0.3, -0.25) is 4.90 Å². The van der Waals surface area contributed by atoms with Crippen molar-refractivity contribution >= 4 is 22.5 Å². The van der Waals surface area contributed by atoms with E-state index < -0.39 is 0 Å². The minimum atomic E-state index is -0.336. The smallest absolute Gasteiger partial charge is 0.158 e. The molecule has 6 rings (SSSR count). The number of anilines is 1. The van der Waals surface area contributed by atoms with Crippen LogP contribution in [0, 0.1) is 12.7 Å². The number of piperazine rings is 1. The number of halogens is 1. The van der Waals surface area contributed by atoms with Crippen molar-refractivity contribution in [1.29, 1.82) is 0 Å². The van der Waals surface area contributed by atoms with Crippen molar-refractivity contribution in [2.45, 2.75) is 20.0 Å². The Bertz CT molecular complexity index is 1530. The zero-order valence-corrected chi connectivity index (χ0v) is 20.3. The molecule has 1 fully saturated rings. The molecule has 1 aromatic carbocycles. The van der Waals surface area contributed by atoms with Gasteiger partial charge in [0.15, 0.2) is 5.65 Å². The molecule has 1 aliphatic heterocycles. The van der Waals surface area contributed by atoms with Crippen molar-refractivity contribution in [3.8, 4) is 22.5 Å². The maximum absolute atomic E-state index is 13.7. The van der Waals surface area contributed by atoms with Gasteiger partial charge in [0, 0.05) is 61.6 Å². The van der Waals surface area contributed by atoms with Crippen LogP contribution in [0.4, 0.5) is 10.2 Å². The summed E-state index contributed by atoms with van der Waals surface area (Å²) < 4.78 is 15.7. The van der Waals surface area contributed by atoms with Crippen LogP contribution in [0.2, 0.25) is 0 Å². The Hall–Kier alpha value is -3.82. The highest BCUT2D eigenvalue weighted by Crippen LogP contribution is 2.37. The standard InChI is InChI=1S/C27H28FN7O/c1-17-15-23(34-13-11-33(12-14-34)16-18(2)36)32-35-25(21-7-9-29-26-22(21)8-10-30-26)24(31-27(17)35)19-3-5-20(28)6-4-19/h3-10,15,18,36H,11-14,16H2,1-2H3,(H,29,30). The Morgan fingerprint density at radius 1 is 1.08 bits per heavy atom. The van der Waals surface area contributed by atoms with Gasteiger partial charge in [0.25, 0.3) is 0 Å². The minimum Gasteiger partial charge on any atom is -0.392 e. The van der Waals surface area contributed by atoms with Gasteiger partial charge >= 0.3 is 0 Å². The summed E-state index contributed by atoms with van der Waals surface area (Å²) in [5.41, 5.74) is 5.94. The summed E-state index contributed by atoms with van der Waals surface area (Å²) in [6, 6.07) is 12.5. The monoisotopic (exact) mass is 485 g/mol. The van der Waals surface area contributed by atoms with E-state index in [0.29, 0.717) is 6.54 Å². The van der Waals surface area contributed by atoms with E-state index in [1.165, 1.54) is 12.1 Å². The van der Waals surface area contributed by atoms with Gasteiger partial charge < -0.3 is 15.0 Å². The molecule has 2 N–H and O–H groups in total. The Morgan fingerprint density at radius 2 is 1.86 bits per heavy atom. The quantitative estimate of drug-likeness (QED) is 0.393. The third-order valence-electron chi connectivity index (χ3n) is 6.81. The molecule has 8 nitrogen and oxygen atoms in total. The van der Waals surface area contributed by atoms with E-state index in [1.807, 2.05) is 36.7 Å². The Kier molecular flexibility index (Phi) is 5.66. The third kappa shape index (κ3) is 4.00. The number of imidazole rings is 1. The number of aryl methyl sites for hydroxylation is 1. The maximum atomic E-state index is 13.7. The molecule has 0 radical (unpaired) electrons. The number of aromatic amines is 1. The first-order valence-corrected chi connectivity index (χ1v) is 12.2. The van der Waals surface area contributed by atoms with E-state index in [9.17, 15) is 9.50 Å². The Labute approximate surface area is 208 Å². The molecule has 0 aliphatic carbocycles. The molecular weight excluding hydrogens is 457 g/mol. The van der Waals surface area contributed by atoms with Gasteiger partial charge in [0.05, 0.1) is 11.8 Å². The second-order valence-electron chi connectivity index (χ2n) is 9.47. The van der Waals surface area contributed by atoms with E-state index in [0.717, 1.165) is 76.8 Å². The highest BCUT2D eigenvalue weighted by atomic mass is 19.1. The highest BCUT2D eigenvalue weighted by Gasteiger charge is 2.24. The number of nitrogens with one attached hydrogen (secondary N) is 1. The number of rotatable bonds is 5. The van der Waals surface area contributed by atoms with Crippen LogP contribution < -0.4 is 4.90 Å². The molecule has 36 heavy (non-hydrogen) atoms. The highest BCUT2D eigenvalue weighted by molar-refractivity contribution is 5.97. The minimum absolute atomic E-state index is 0.285. The van der Waals surface area contributed by atoms with Crippen molar-refractivity contribution in [2.24, 2.45) is 0 Å². The molecule has 0 spiro atoms. The molecule has 1 unspecified atom stereocenters. The lowest BCUT2D eigenvalue weighted by Crippen LogP contribution is -2.48. The number of fused-ring (bicyclic) bond motifs is 2. The molecule has 5 aromatic rings. The van der Waals surface area contributed by atoms with Crippen LogP contribution in [0.1, 0.15) is 12.5 Å². The molecular formula is C27H28FN7O. The predicted molar refractivity (Wildman–Crippen MR) is 139 cm³/mol. The molecule has 0 amide bonds. The van der Waals surface area contributed by atoms with Gasteiger partial charge in [-0.05, 0) is 61.9 Å². The first-order chi connectivity index (χ1) is 17.5. The van der Waals surface area contributed by atoms with Gasteiger partial charge in [-0.15, -0.1) is 5.10 Å². The average molecular weight is 486 g/mol. The van der Waals surface area contributed by atoms with Crippen LogP contribution in [0.25, 0.3) is 39.2 Å². The number of pyridine rings is 1. The fourth-order valence-corrected chi connectivity index (χ4v) is 5.06. The number of hydrogen-bond donors (Lipinski definition) is 2. The zero-order valence-electron chi connectivity index (χ0n) is 20.3. The number of aliphatic hydroxyl groups is 1. The van der Waals surface area contributed by atoms with Gasteiger partial charge in [-0.2, -0.15) is 0 Å². The SMILES string of the molecule is Cc1cc(N2CCN(CC(C)O)CC2)nn2c(-c3ccnc4[nH]ccc34)c(-c3ccc(F)cc3)nc12.